The second-order valence-corrected chi connectivity index (χ2v) is 6.20. The molecule has 0 atom stereocenters. The molecule has 3 heteroatoms. The number of hydrogen-bond acceptors (Lipinski definition) is 3. The van der Waals surface area contributed by atoms with Crippen molar-refractivity contribution in [3.8, 4) is 5.75 Å². The number of nitrogens with one attached hydrogen (secondary N) is 1. The summed E-state index contributed by atoms with van der Waals surface area (Å²) in [7, 11) is 1.72. The van der Waals surface area contributed by atoms with Crippen LogP contribution < -0.4 is 15.8 Å². The van der Waals surface area contributed by atoms with Gasteiger partial charge >= 0.3 is 0 Å². The van der Waals surface area contributed by atoms with Gasteiger partial charge in [0.25, 0.3) is 0 Å². The van der Waals surface area contributed by atoms with Crippen LogP contribution in [0, 0.1) is 5.41 Å². The lowest BCUT2D eigenvalue weighted by Gasteiger charge is -2.23. The molecule has 0 spiro atoms. The van der Waals surface area contributed by atoms with Gasteiger partial charge in [0.1, 0.15) is 5.75 Å². The molecule has 0 aliphatic rings. The second kappa shape index (κ2) is 6.92. The molecule has 1 rings (SSSR count). The Morgan fingerprint density at radius 1 is 1.32 bits per heavy atom. The lowest BCUT2D eigenvalue weighted by molar-refractivity contribution is 0.348. The zero-order chi connectivity index (χ0) is 14.5. The normalized spacial score (nSPS) is 11.9. The number of hydrogen-bond donors (Lipinski definition) is 2. The topological polar surface area (TPSA) is 47.3 Å². The molecule has 1 aromatic rings. The van der Waals surface area contributed by atoms with Crippen LogP contribution in [0.25, 0.3) is 0 Å². The van der Waals surface area contributed by atoms with Gasteiger partial charge in [0.15, 0.2) is 0 Å². The van der Waals surface area contributed by atoms with E-state index in [2.05, 4.69) is 51.2 Å². The van der Waals surface area contributed by atoms with Gasteiger partial charge in [-0.25, -0.2) is 0 Å². The van der Waals surface area contributed by atoms with Gasteiger partial charge in [-0.3, -0.25) is 0 Å². The van der Waals surface area contributed by atoms with Crippen LogP contribution in [0.2, 0.25) is 0 Å². The highest BCUT2D eigenvalue weighted by Crippen LogP contribution is 2.24. The van der Waals surface area contributed by atoms with Gasteiger partial charge in [0, 0.05) is 18.7 Å². The van der Waals surface area contributed by atoms with E-state index in [9.17, 15) is 0 Å². The molecule has 3 nitrogen and oxygen atoms in total. The first-order valence-corrected chi connectivity index (χ1v) is 6.97. The Labute approximate surface area is 117 Å². The molecular weight excluding hydrogens is 236 g/mol. The van der Waals surface area contributed by atoms with E-state index in [4.69, 9.17) is 10.5 Å². The van der Waals surface area contributed by atoms with Crippen molar-refractivity contribution in [3.05, 3.63) is 29.3 Å². The maximum atomic E-state index is 5.74. The third-order valence-electron chi connectivity index (χ3n) is 3.44. The Balaban J connectivity index is 2.73. The highest BCUT2D eigenvalue weighted by atomic mass is 16.5. The molecule has 0 heterocycles. The zero-order valence-electron chi connectivity index (χ0n) is 12.9. The molecule has 108 valence electrons. The maximum absolute atomic E-state index is 5.74. The van der Waals surface area contributed by atoms with Gasteiger partial charge in [0.2, 0.25) is 0 Å². The first-order valence-electron chi connectivity index (χ1n) is 6.97. The van der Waals surface area contributed by atoms with Gasteiger partial charge in [-0.1, -0.05) is 39.8 Å². The molecule has 0 aliphatic carbocycles. The van der Waals surface area contributed by atoms with E-state index >= 15 is 0 Å². The lowest BCUT2D eigenvalue weighted by Crippen LogP contribution is -2.35. The molecule has 0 saturated carbocycles. The van der Waals surface area contributed by atoms with E-state index in [1.165, 1.54) is 11.1 Å². The average Bonchev–Trinajstić information content (AvgIpc) is 2.38. The SMILES string of the molecule is COc1ccc(C(C)C)cc1CNCC(C)(C)CN. The van der Waals surface area contributed by atoms with Gasteiger partial charge < -0.3 is 15.8 Å². The fourth-order valence-corrected chi connectivity index (χ4v) is 1.90. The minimum atomic E-state index is 0.128. The summed E-state index contributed by atoms with van der Waals surface area (Å²) < 4.78 is 5.42. The fourth-order valence-electron chi connectivity index (χ4n) is 1.90. The smallest absolute Gasteiger partial charge is 0.123 e. The molecule has 19 heavy (non-hydrogen) atoms. The highest BCUT2D eigenvalue weighted by Gasteiger charge is 2.15. The molecule has 3 N–H and O–H groups in total. The van der Waals surface area contributed by atoms with Crippen LogP contribution >= 0.6 is 0 Å². The van der Waals surface area contributed by atoms with Crippen LogP contribution in [0.4, 0.5) is 0 Å². The highest BCUT2D eigenvalue weighted by molar-refractivity contribution is 5.38. The van der Waals surface area contributed by atoms with Crippen LogP contribution in [0.5, 0.6) is 5.75 Å². The van der Waals surface area contributed by atoms with Crippen LogP contribution in [0.3, 0.4) is 0 Å². The van der Waals surface area contributed by atoms with Crippen molar-refractivity contribution in [1.82, 2.24) is 5.32 Å². The third kappa shape index (κ3) is 4.84. The second-order valence-electron chi connectivity index (χ2n) is 6.20. The number of rotatable bonds is 7. The summed E-state index contributed by atoms with van der Waals surface area (Å²) in [6.45, 7) is 11.1. The molecule has 0 radical (unpaired) electrons. The van der Waals surface area contributed by atoms with Crippen molar-refractivity contribution in [2.24, 2.45) is 11.1 Å². The summed E-state index contributed by atoms with van der Waals surface area (Å²) in [6, 6.07) is 6.42. The molecule has 0 saturated heterocycles. The van der Waals surface area contributed by atoms with Crippen molar-refractivity contribution in [3.63, 3.8) is 0 Å². The van der Waals surface area contributed by atoms with Crippen molar-refractivity contribution < 1.29 is 4.74 Å². The monoisotopic (exact) mass is 264 g/mol. The quantitative estimate of drug-likeness (QED) is 0.796. The van der Waals surface area contributed by atoms with Gasteiger partial charge in [-0.15, -0.1) is 0 Å². The lowest BCUT2D eigenvalue weighted by atomic mass is 9.93. The molecule has 0 aliphatic heterocycles. The van der Waals surface area contributed by atoms with Crippen molar-refractivity contribution >= 4 is 0 Å². The van der Waals surface area contributed by atoms with E-state index in [0.717, 1.165) is 18.8 Å². The molecule has 0 fully saturated rings. The predicted octanol–water partition coefficient (Wildman–Crippen LogP) is 2.89. The minimum Gasteiger partial charge on any atom is -0.496 e. The average molecular weight is 264 g/mol. The van der Waals surface area contributed by atoms with Crippen LogP contribution in [0.1, 0.15) is 44.7 Å². The third-order valence-corrected chi connectivity index (χ3v) is 3.44. The minimum absolute atomic E-state index is 0.128. The van der Waals surface area contributed by atoms with E-state index in [0.29, 0.717) is 12.5 Å². The first kappa shape index (κ1) is 16.0. The molecule has 0 aromatic heterocycles. The Hall–Kier alpha value is -1.06. The van der Waals surface area contributed by atoms with E-state index in [1.54, 1.807) is 7.11 Å². The molecule has 1 aromatic carbocycles. The summed E-state index contributed by atoms with van der Waals surface area (Å²) in [6.07, 6.45) is 0. The Morgan fingerprint density at radius 3 is 2.53 bits per heavy atom. The van der Waals surface area contributed by atoms with Gasteiger partial charge in [-0.2, -0.15) is 0 Å². The van der Waals surface area contributed by atoms with E-state index in [-0.39, 0.29) is 5.41 Å². The van der Waals surface area contributed by atoms with Crippen molar-refractivity contribution in [2.45, 2.75) is 40.2 Å². The van der Waals surface area contributed by atoms with E-state index < -0.39 is 0 Å². The van der Waals surface area contributed by atoms with Crippen molar-refractivity contribution in [1.29, 1.82) is 0 Å². The van der Waals surface area contributed by atoms with E-state index in [1.807, 2.05) is 0 Å². The van der Waals surface area contributed by atoms with Crippen LogP contribution in [-0.4, -0.2) is 20.2 Å². The predicted molar refractivity (Wildman–Crippen MR) is 81.6 cm³/mol. The summed E-state index contributed by atoms with van der Waals surface area (Å²) in [5.74, 6) is 1.48. The largest absolute Gasteiger partial charge is 0.496 e. The van der Waals surface area contributed by atoms with Crippen LogP contribution in [0.15, 0.2) is 18.2 Å². The molecule has 0 unspecified atom stereocenters. The zero-order valence-corrected chi connectivity index (χ0v) is 12.9. The summed E-state index contributed by atoms with van der Waals surface area (Å²) in [5.41, 5.74) is 8.42. The summed E-state index contributed by atoms with van der Waals surface area (Å²) in [5, 5.41) is 3.47. The van der Waals surface area contributed by atoms with Gasteiger partial charge in [-0.05, 0) is 29.5 Å². The molecule has 0 bridgehead atoms. The summed E-state index contributed by atoms with van der Waals surface area (Å²) in [4.78, 5) is 0. The van der Waals surface area contributed by atoms with Gasteiger partial charge in [0.05, 0.1) is 7.11 Å². The number of nitrogens with two attached hydrogens (primary N) is 1. The number of ether oxygens (including phenoxy) is 1. The fraction of sp³-hybridized carbons (Fsp3) is 0.625. The Kier molecular flexibility index (Phi) is 5.83. The number of methoxy groups -OCH3 is 1. The molecular formula is C16H28N2O. The maximum Gasteiger partial charge on any atom is 0.123 e. The summed E-state index contributed by atoms with van der Waals surface area (Å²) >= 11 is 0. The Morgan fingerprint density at radius 2 is 2.00 bits per heavy atom. The van der Waals surface area contributed by atoms with Crippen molar-refractivity contribution in [2.75, 3.05) is 20.2 Å². The number of benzene rings is 1. The van der Waals surface area contributed by atoms with Crippen LogP contribution in [-0.2, 0) is 6.54 Å². The first-order chi connectivity index (χ1) is 8.89. The standard InChI is InChI=1S/C16H28N2O/c1-12(2)13-6-7-15(19-5)14(8-13)9-18-11-16(3,4)10-17/h6-8,12,18H,9-11,17H2,1-5H3. The molecule has 0 amide bonds. The Bertz CT molecular complexity index is 400.